The molecule has 0 spiro atoms. The molecule has 1 nitrogen and oxygen atoms in total. The van der Waals surface area contributed by atoms with Gasteiger partial charge in [-0.15, -0.1) is 11.3 Å². The van der Waals surface area contributed by atoms with Gasteiger partial charge in [-0.3, -0.25) is 0 Å². The molecule has 0 radical (unpaired) electrons. The van der Waals surface area contributed by atoms with Crippen molar-refractivity contribution in [3.05, 3.63) is 212 Å². The number of fused-ring (bicyclic) bond motifs is 4. The highest BCUT2D eigenvalue weighted by Gasteiger charge is 2.20. The summed E-state index contributed by atoms with van der Waals surface area (Å²) in [5.41, 5.74) is 13.0. The number of thiophene rings is 1. The fourth-order valence-corrected chi connectivity index (χ4v) is 8.97. The van der Waals surface area contributed by atoms with Crippen LogP contribution in [0.4, 0.5) is 17.1 Å². The predicted molar refractivity (Wildman–Crippen MR) is 233 cm³/mol. The first-order valence-electron chi connectivity index (χ1n) is 18.4. The number of anilines is 3. The van der Waals surface area contributed by atoms with E-state index in [-0.39, 0.29) is 0 Å². The Kier molecular flexibility index (Phi) is 8.09. The van der Waals surface area contributed by atoms with Crippen molar-refractivity contribution in [2.75, 3.05) is 4.90 Å². The molecule has 0 unspecified atom stereocenters. The second-order valence-electron chi connectivity index (χ2n) is 13.7. The molecule has 10 rings (SSSR count). The summed E-state index contributed by atoms with van der Waals surface area (Å²) in [6.07, 6.45) is 0. The Bertz CT molecular complexity index is 2940. The van der Waals surface area contributed by atoms with Gasteiger partial charge in [-0.05, 0) is 98.2 Å². The number of para-hydroxylation sites is 1. The van der Waals surface area contributed by atoms with Gasteiger partial charge in [0.2, 0.25) is 0 Å². The lowest BCUT2D eigenvalue weighted by Gasteiger charge is -2.29. The molecule has 0 aliphatic carbocycles. The van der Waals surface area contributed by atoms with E-state index < -0.39 is 0 Å². The van der Waals surface area contributed by atoms with E-state index in [9.17, 15) is 0 Å². The van der Waals surface area contributed by atoms with Crippen molar-refractivity contribution in [2.45, 2.75) is 0 Å². The minimum absolute atomic E-state index is 1.10. The largest absolute Gasteiger partial charge is 0.310 e. The first-order valence-corrected chi connectivity index (χ1v) is 19.2. The van der Waals surface area contributed by atoms with Crippen molar-refractivity contribution in [2.24, 2.45) is 0 Å². The molecule has 2 heteroatoms. The molecule has 1 heterocycles. The van der Waals surface area contributed by atoms with Crippen LogP contribution in [0.3, 0.4) is 0 Å². The van der Waals surface area contributed by atoms with Gasteiger partial charge in [-0.25, -0.2) is 0 Å². The molecule has 1 aromatic heterocycles. The van der Waals surface area contributed by atoms with E-state index >= 15 is 0 Å². The number of hydrogen-bond acceptors (Lipinski definition) is 2. The first-order chi connectivity index (χ1) is 26.8. The van der Waals surface area contributed by atoms with Crippen LogP contribution in [0.5, 0.6) is 0 Å². The molecule has 0 amide bonds. The van der Waals surface area contributed by atoms with Crippen molar-refractivity contribution in [1.82, 2.24) is 0 Å². The topological polar surface area (TPSA) is 3.24 Å². The van der Waals surface area contributed by atoms with E-state index in [1.54, 1.807) is 0 Å². The third kappa shape index (κ3) is 5.74. The summed E-state index contributed by atoms with van der Waals surface area (Å²) in [4.78, 5) is 2.42. The van der Waals surface area contributed by atoms with Gasteiger partial charge < -0.3 is 4.90 Å². The number of nitrogens with zero attached hydrogens (tertiary/aromatic N) is 1. The van der Waals surface area contributed by atoms with Crippen LogP contribution in [-0.4, -0.2) is 0 Å². The lowest BCUT2D eigenvalue weighted by Crippen LogP contribution is -2.11. The average molecular weight is 706 g/mol. The van der Waals surface area contributed by atoms with Crippen LogP contribution in [0, 0.1) is 0 Å². The Morgan fingerprint density at radius 3 is 1.65 bits per heavy atom. The van der Waals surface area contributed by atoms with Gasteiger partial charge in [-0.2, -0.15) is 0 Å². The summed E-state index contributed by atoms with van der Waals surface area (Å²) < 4.78 is 2.65. The van der Waals surface area contributed by atoms with E-state index in [0.717, 1.165) is 17.1 Å². The molecule has 0 saturated carbocycles. The zero-order valence-electron chi connectivity index (χ0n) is 29.6. The monoisotopic (exact) mass is 705 g/mol. The van der Waals surface area contributed by atoms with Crippen molar-refractivity contribution >= 4 is 59.3 Å². The number of hydrogen-bond donors (Lipinski definition) is 0. The van der Waals surface area contributed by atoms with E-state index in [2.05, 4.69) is 217 Å². The summed E-state index contributed by atoms with van der Waals surface area (Å²) in [6.45, 7) is 0. The Morgan fingerprint density at radius 1 is 0.296 bits per heavy atom. The maximum absolute atomic E-state index is 2.42. The standard InChI is InChI=1S/C52H35NS/c1-2-15-38(16-3-1)43-18-6-7-19-44(43)45-20-8-9-21-46(45)47-22-10-12-24-50(47)53(42-32-28-36-14-4-5-17-39(36)34-42)41-30-26-37(27-31-41)40-29-33-52-49(35-40)48-23-11-13-25-51(48)54-52/h1-35H. The van der Waals surface area contributed by atoms with Crippen molar-refractivity contribution in [1.29, 1.82) is 0 Å². The second kappa shape index (κ2) is 13.7. The van der Waals surface area contributed by atoms with E-state index in [4.69, 9.17) is 0 Å². The smallest absolute Gasteiger partial charge is 0.0540 e. The molecule has 0 fully saturated rings. The van der Waals surface area contributed by atoms with Crippen LogP contribution in [-0.2, 0) is 0 Å². The van der Waals surface area contributed by atoms with E-state index in [1.807, 2.05) is 11.3 Å². The summed E-state index contributed by atoms with van der Waals surface area (Å²) in [5.74, 6) is 0. The highest BCUT2D eigenvalue weighted by atomic mass is 32.1. The van der Waals surface area contributed by atoms with Crippen LogP contribution in [0.15, 0.2) is 212 Å². The van der Waals surface area contributed by atoms with Crippen molar-refractivity contribution < 1.29 is 0 Å². The highest BCUT2D eigenvalue weighted by Crippen LogP contribution is 2.46. The molecule has 0 saturated heterocycles. The quantitative estimate of drug-likeness (QED) is 0.160. The maximum atomic E-state index is 2.42. The molecular formula is C52H35NS. The lowest BCUT2D eigenvalue weighted by molar-refractivity contribution is 1.29. The SMILES string of the molecule is c1ccc(-c2ccccc2-c2ccccc2-c2ccccc2N(c2ccc(-c3ccc4sc5ccccc5c4c3)cc2)c2ccc3ccccc3c2)cc1. The highest BCUT2D eigenvalue weighted by molar-refractivity contribution is 7.25. The van der Waals surface area contributed by atoms with Crippen molar-refractivity contribution in [3.63, 3.8) is 0 Å². The fraction of sp³-hybridized carbons (Fsp3) is 0. The minimum Gasteiger partial charge on any atom is -0.310 e. The van der Waals surface area contributed by atoms with E-state index in [0.29, 0.717) is 0 Å². The molecule has 0 bridgehead atoms. The van der Waals surface area contributed by atoms with Crippen LogP contribution in [0.2, 0.25) is 0 Å². The minimum atomic E-state index is 1.10. The molecule has 0 aliphatic heterocycles. The molecule has 254 valence electrons. The van der Waals surface area contributed by atoms with Gasteiger partial charge >= 0.3 is 0 Å². The van der Waals surface area contributed by atoms with Crippen LogP contribution < -0.4 is 4.90 Å². The number of benzene rings is 9. The molecule has 0 N–H and O–H groups in total. The Hall–Kier alpha value is -6.74. The molecule has 10 aromatic rings. The third-order valence-corrected chi connectivity index (χ3v) is 11.6. The Balaban J connectivity index is 1.13. The van der Waals surface area contributed by atoms with Gasteiger partial charge in [0.1, 0.15) is 0 Å². The molecule has 9 aromatic carbocycles. The van der Waals surface area contributed by atoms with Crippen LogP contribution in [0.25, 0.3) is 75.5 Å². The van der Waals surface area contributed by atoms with Gasteiger partial charge in [0.25, 0.3) is 0 Å². The molecule has 0 atom stereocenters. The normalized spacial score (nSPS) is 11.3. The molecule has 54 heavy (non-hydrogen) atoms. The lowest BCUT2D eigenvalue weighted by atomic mass is 9.88. The van der Waals surface area contributed by atoms with E-state index in [1.165, 1.54) is 75.5 Å². The second-order valence-corrected chi connectivity index (χ2v) is 14.8. The summed E-state index contributed by atoms with van der Waals surface area (Å²) in [6, 6.07) is 77.2. The number of rotatable bonds is 7. The van der Waals surface area contributed by atoms with Crippen LogP contribution >= 0.6 is 11.3 Å². The molecule has 0 aliphatic rings. The maximum Gasteiger partial charge on any atom is 0.0540 e. The molecular weight excluding hydrogens is 671 g/mol. The summed E-state index contributed by atoms with van der Waals surface area (Å²) in [5, 5.41) is 5.07. The van der Waals surface area contributed by atoms with Gasteiger partial charge in [-0.1, -0.05) is 164 Å². The predicted octanol–water partition coefficient (Wildman–Crippen LogP) is 15.3. The zero-order chi connectivity index (χ0) is 35.8. The Labute approximate surface area is 319 Å². The summed E-state index contributed by atoms with van der Waals surface area (Å²) in [7, 11) is 0. The zero-order valence-corrected chi connectivity index (χ0v) is 30.4. The summed E-state index contributed by atoms with van der Waals surface area (Å²) >= 11 is 1.86. The van der Waals surface area contributed by atoms with Gasteiger partial charge in [0, 0.05) is 37.1 Å². The first kappa shape index (κ1) is 32.0. The average Bonchev–Trinajstić information content (AvgIpc) is 3.63. The fourth-order valence-electron chi connectivity index (χ4n) is 7.89. The third-order valence-electron chi connectivity index (χ3n) is 10.5. The van der Waals surface area contributed by atoms with Gasteiger partial charge in [0.15, 0.2) is 0 Å². The van der Waals surface area contributed by atoms with Gasteiger partial charge in [0.05, 0.1) is 5.69 Å². The van der Waals surface area contributed by atoms with Crippen molar-refractivity contribution in [3.8, 4) is 44.5 Å². The van der Waals surface area contributed by atoms with Crippen LogP contribution in [0.1, 0.15) is 0 Å². The Morgan fingerprint density at radius 2 is 0.852 bits per heavy atom.